The maximum Gasteiger partial charge on any atom is 0.0817 e. The molecule has 2 nitrogen and oxygen atoms in total. The second-order valence-electron chi connectivity index (χ2n) is 4.17. The number of hydrogen-bond acceptors (Lipinski definition) is 1. The summed E-state index contributed by atoms with van der Waals surface area (Å²) in [5, 5.41) is 4.97. The van der Waals surface area contributed by atoms with Crippen molar-refractivity contribution in [1.82, 2.24) is 9.78 Å². The van der Waals surface area contributed by atoms with Gasteiger partial charge >= 0.3 is 0 Å². The molecule has 1 atom stereocenters. The quantitative estimate of drug-likeness (QED) is 0.740. The summed E-state index contributed by atoms with van der Waals surface area (Å²) in [6.45, 7) is 2.89. The highest BCUT2D eigenvalue weighted by Gasteiger charge is 2.12. The summed E-state index contributed by atoms with van der Waals surface area (Å²) >= 11 is 12.5. The van der Waals surface area contributed by atoms with Crippen LogP contribution >= 0.6 is 23.2 Å². The highest BCUT2D eigenvalue weighted by atomic mass is 35.5. The predicted molar refractivity (Wildman–Crippen MR) is 76.3 cm³/mol. The van der Waals surface area contributed by atoms with Crippen molar-refractivity contribution in [2.75, 3.05) is 0 Å². The van der Waals surface area contributed by atoms with Gasteiger partial charge < -0.3 is 0 Å². The first-order valence-electron chi connectivity index (χ1n) is 6.11. The standard InChI is InChI=1S/C14H16Cl2N2/c1-2-18-14(13(16)10-17-18)9-8-12(15)11-6-4-3-5-7-11/h3-7,10,12H,2,8-9H2,1H3. The van der Waals surface area contributed by atoms with Crippen LogP contribution in [0.5, 0.6) is 0 Å². The summed E-state index contributed by atoms with van der Waals surface area (Å²) in [5.74, 6) is 0. The van der Waals surface area contributed by atoms with Crippen molar-refractivity contribution in [3.63, 3.8) is 0 Å². The second-order valence-corrected chi connectivity index (χ2v) is 5.11. The Kier molecular flexibility index (Phi) is 4.67. The zero-order valence-electron chi connectivity index (χ0n) is 10.3. The van der Waals surface area contributed by atoms with Gasteiger partial charge in [0.2, 0.25) is 0 Å². The monoisotopic (exact) mass is 282 g/mol. The minimum Gasteiger partial charge on any atom is -0.268 e. The van der Waals surface area contributed by atoms with Crippen LogP contribution in [0.1, 0.15) is 30.0 Å². The van der Waals surface area contributed by atoms with Crippen molar-refractivity contribution in [2.45, 2.75) is 31.7 Å². The molecule has 1 unspecified atom stereocenters. The predicted octanol–water partition coefficient (Wildman–Crippen LogP) is 4.47. The fourth-order valence-electron chi connectivity index (χ4n) is 2.00. The van der Waals surface area contributed by atoms with E-state index in [1.165, 1.54) is 0 Å². The lowest BCUT2D eigenvalue weighted by Crippen LogP contribution is -2.04. The largest absolute Gasteiger partial charge is 0.268 e. The molecule has 0 spiro atoms. The molecule has 0 N–H and O–H groups in total. The molecule has 2 rings (SSSR count). The number of halogens is 2. The number of alkyl halides is 1. The number of nitrogens with zero attached hydrogens (tertiary/aromatic N) is 2. The van der Waals surface area contributed by atoms with Crippen LogP contribution in [0.4, 0.5) is 0 Å². The molecule has 0 saturated carbocycles. The minimum atomic E-state index is 0.0162. The van der Waals surface area contributed by atoms with Crippen LogP contribution in [0.2, 0.25) is 5.02 Å². The van der Waals surface area contributed by atoms with E-state index in [0.717, 1.165) is 35.7 Å². The normalized spacial score (nSPS) is 12.6. The molecule has 1 aromatic heterocycles. The molecule has 2 aromatic rings. The Bertz CT molecular complexity index is 494. The maximum absolute atomic E-state index is 6.40. The first kappa shape index (κ1) is 13.4. The Morgan fingerprint density at radius 3 is 2.67 bits per heavy atom. The Labute approximate surface area is 118 Å². The molecular weight excluding hydrogens is 267 g/mol. The Morgan fingerprint density at radius 1 is 1.28 bits per heavy atom. The zero-order valence-corrected chi connectivity index (χ0v) is 11.8. The lowest BCUT2D eigenvalue weighted by atomic mass is 10.1. The van der Waals surface area contributed by atoms with E-state index >= 15 is 0 Å². The van der Waals surface area contributed by atoms with E-state index in [4.69, 9.17) is 23.2 Å². The van der Waals surface area contributed by atoms with E-state index in [0.29, 0.717) is 0 Å². The lowest BCUT2D eigenvalue weighted by Gasteiger charge is -2.10. The molecule has 4 heteroatoms. The number of hydrogen-bond donors (Lipinski definition) is 0. The third kappa shape index (κ3) is 3.06. The van der Waals surface area contributed by atoms with Crippen LogP contribution in [0.25, 0.3) is 0 Å². The van der Waals surface area contributed by atoms with E-state index in [1.807, 2.05) is 22.9 Å². The molecule has 1 aromatic carbocycles. The fraction of sp³-hybridized carbons (Fsp3) is 0.357. The summed E-state index contributed by atoms with van der Waals surface area (Å²) in [6.07, 6.45) is 3.40. The van der Waals surface area contributed by atoms with Crippen LogP contribution in [0, 0.1) is 0 Å². The molecule has 0 radical (unpaired) electrons. The first-order valence-corrected chi connectivity index (χ1v) is 6.93. The average molecular weight is 283 g/mol. The van der Waals surface area contributed by atoms with Crippen LogP contribution in [0.3, 0.4) is 0 Å². The number of benzene rings is 1. The molecule has 0 aliphatic carbocycles. The Hall–Kier alpha value is -0.990. The van der Waals surface area contributed by atoms with E-state index in [-0.39, 0.29) is 5.38 Å². The smallest absolute Gasteiger partial charge is 0.0817 e. The second kappa shape index (κ2) is 6.26. The number of aryl methyl sites for hydroxylation is 1. The molecule has 96 valence electrons. The van der Waals surface area contributed by atoms with Gasteiger partial charge in [0.25, 0.3) is 0 Å². The zero-order chi connectivity index (χ0) is 13.0. The average Bonchev–Trinajstić information content (AvgIpc) is 2.77. The van der Waals surface area contributed by atoms with Crippen molar-refractivity contribution >= 4 is 23.2 Å². The van der Waals surface area contributed by atoms with Crippen molar-refractivity contribution in [3.05, 3.63) is 52.8 Å². The molecule has 0 bridgehead atoms. The summed E-state index contributed by atoms with van der Waals surface area (Å²) in [5.41, 5.74) is 2.22. The van der Waals surface area contributed by atoms with Crippen molar-refractivity contribution in [3.8, 4) is 0 Å². The summed E-state index contributed by atoms with van der Waals surface area (Å²) in [7, 11) is 0. The molecule has 0 fully saturated rings. The molecule has 0 amide bonds. The molecule has 0 saturated heterocycles. The highest BCUT2D eigenvalue weighted by Crippen LogP contribution is 2.27. The van der Waals surface area contributed by atoms with Crippen LogP contribution in [-0.2, 0) is 13.0 Å². The van der Waals surface area contributed by atoms with Crippen molar-refractivity contribution in [2.24, 2.45) is 0 Å². The molecular formula is C14H16Cl2N2. The van der Waals surface area contributed by atoms with Gasteiger partial charge in [0.05, 0.1) is 22.3 Å². The Morgan fingerprint density at radius 2 is 2.00 bits per heavy atom. The van der Waals surface area contributed by atoms with Gasteiger partial charge in [-0.2, -0.15) is 5.10 Å². The van der Waals surface area contributed by atoms with E-state index in [9.17, 15) is 0 Å². The Balaban J connectivity index is 2.01. The molecule has 0 aliphatic heterocycles. The SMILES string of the molecule is CCn1ncc(Cl)c1CCC(Cl)c1ccccc1. The van der Waals surface area contributed by atoms with Gasteiger partial charge in [-0.05, 0) is 25.3 Å². The molecule has 18 heavy (non-hydrogen) atoms. The van der Waals surface area contributed by atoms with Crippen LogP contribution < -0.4 is 0 Å². The minimum absolute atomic E-state index is 0.0162. The lowest BCUT2D eigenvalue weighted by molar-refractivity contribution is 0.607. The molecule has 0 aliphatic rings. The van der Waals surface area contributed by atoms with E-state index < -0.39 is 0 Å². The van der Waals surface area contributed by atoms with Gasteiger partial charge in [0.1, 0.15) is 0 Å². The van der Waals surface area contributed by atoms with E-state index in [1.54, 1.807) is 6.20 Å². The molecule has 1 heterocycles. The van der Waals surface area contributed by atoms with Crippen LogP contribution in [0.15, 0.2) is 36.5 Å². The van der Waals surface area contributed by atoms with Gasteiger partial charge in [0.15, 0.2) is 0 Å². The van der Waals surface area contributed by atoms with Gasteiger partial charge in [-0.3, -0.25) is 4.68 Å². The third-order valence-corrected chi connectivity index (χ3v) is 3.78. The van der Waals surface area contributed by atoms with Crippen molar-refractivity contribution in [1.29, 1.82) is 0 Å². The van der Waals surface area contributed by atoms with Gasteiger partial charge in [0, 0.05) is 6.54 Å². The number of aromatic nitrogens is 2. The highest BCUT2D eigenvalue weighted by molar-refractivity contribution is 6.31. The fourth-order valence-corrected chi connectivity index (χ4v) is 2.49. The maximum atomic E-state index is 6.40. The topological polar surface area (TPSA) is 17.8 Å². The van der Waals surface area contributed by atoms with Gasteiger partial charge in [-0.1, -0.05) is 41.9 Å². The van der Waals surface area contributed by atoms with Crippen LogP contribution in [-0.4, -0.2) is 9.78 Å². The summed E-state index contributed by atoms with van der Waals surface area (Å²) < 4.78 is 1.93. The van der Waals surface area contributed by atoms with Crippen molar-refractivity contribution < 1.29 is 0 Å². The van der Waals surface area contributed by atoms with Gasteiger partial charge in [-0.15, -0.1) is 11.6 Å². The first-order chi connectivity index (χ1) is 8.72. The third-order valence-electron chi connectivity index (χ3n) is 2.99. The summed E-state index contributed by atoms with van der Waals surface area (Å²) in [6, 6.07) is 10.1. The summed E-state index contributed by atoms with van der Waals surface area (Å²) in [4.78, 5) is 0. The van der Waals surface area contributed by atoms with Gasteiger partial charge in [-0.25, -0.2) is 0 Å². The van der Waals surface area contributed by atoms with E-state index in [2.05, 4.69) is 24.2 Å². The number of rotatable bonds is 5.